The van der Waals surface area contributed by atoms with Crippen LogP contribution in [-0.2, 0) is 14.3 Å². The SMILES string of the molecule is CCCCCCCCCCCCCOS(=O)(=O)CCCCCCCCC.[NaH]. The molecular formula is C22H47NaO3S. The quantitative estimate of drug-likeness (QED) is 0.119. The van der Waals surface area contributed by atoms with E-state index in [2.05, 4.69) is 13.8 Å². The van der Waals surface area contributed by atoms with Crippen LogP contribution < -0.4 is 0 Å². The van der Waals surface area contributed by atoms with Gasteiger partial charge in [0.2, 0.25) is 0 Å². The van der Waals surface area contributed by atoms with Crippen molar-refractivity contribution >= 4 is 39.7 Å². The van der Waals surface area contributed by atoms with Gasteiger partial charge in [-0.15, -0.1) is 0 Å². The first-order chi connectivity index (χ1) is 12.6. The summed E-state index contributed by atoms with van der Waals surface area (Å²) in [6.45, 7) is 4.83. The molecule has 0 rings (SSSR count). The van der Waals surface area contributed by atoms with Gasteiger partial charge in [0, 0.05) is 0 Å². The van der Waals surface area contributed by atoms with Crippen molar-refractivity contribution in [2.24, 2.45) is 0 Å². The molecule has 0 aliphatic heterocycles. The van der Waals surface area contributed by atoms with Gasteiger partial charge in [-0.3, -0.25) is 4.18 Å². The van der Waals surface area contributed by atoms with Gasteiger partial charge in [0.1, 0.15) is 0 Å². The van der Waals surface area contributed by atoms with Gasteiger partial charge in [0.25, 0.3) is 10.1 Å². The summed E-state index contributed by atoms with van der Waals surface area (Å²) in [5.74, 6) is 0.193. The van der Waals surface area contributed by atoms with Crippen molar-refractivity contribution in [2.75, 3.05) is 12.4 Å². The van der Waals surface area contributed by atoms with E-state index in [0.29, 0.717) is 6.61 Å². The van der Waals surface area contributed by atoms with E-state index < -0.39 is 10.1 Å². The van der Waals surface area contributed by atoms with Crippen LogP contribution in [0.2, 0.25) is 0 Å². The standard InChI is InChI=1S/C22H46O3S.Na.H/c1-3-5-7-9-11-12-13-14-15-17-19-21-25-26(23,24)22-20-18-16-10-8-6-4-2;;/h3-22H2,1-2H3;;. The molecule has 0 saturated heterocycles. The zero-order chi connectivity index (χ0) is 19.3. The molecule has 0 saturated carbocycles. The van der Waals surface area contributed by atoms with E-state index in [0.717, 1.165) is 32.1 Å². The molecule has 0 bridgehead atoms. The monoisotopic (exact) mass is 414 g/mol. The topological polar surface area (TPSA) is 43.4 Å². The second-order valence-electron chi connectivity index (χ2n) is 7.74. The summed E-state index contributed by atoms with van der Waals surface area (Å²) in [6.07, 6.45) is 21.9. The molecule has 0 aromatic carbocycles. The van der Waals surface area contributed by atoms with Crippen molar-refractivity contribution in [3.8, 4) is 0 Å². The molecule has 0 aromatic rings. The van der Waals surface area contributed by atoms with Crippen molar-refractivity contribution < 1.29 is 12.6 Å². The van der Waals surface area contributed by atoms with Crippen molar-refractivity contribution in [1.82, 2.24) is 0 Å². The predicted octanol–water partition coefficient (Wildman–Crippen LogP) is 6.75. The fraction of sp³-hybridized carbons (Fsp3) is 1.00. The summed E-state index contributed by atoms with van der Waals surface area (Å²) in [5.41, 5.74) is 0. The van der Waals surface area contributed by atoms with E-state index in [-0.39, 0.29) is 35.3 Å². The summed E-state index contributed by atoms with van der Waals surface area (Å²) in [7, 11) is -3.29. The fourth-order valence-corrected chi connectivity index (χ4v) is 4.29. The van der Waals surface area contributed by atoms with Crippen molar-refractivity contribution in [3.05, 3.63) is 0 Å². The third-order valence-electron chi connectivity index (χ3n) is 5.01. The van der Waals surface area contributed by atoms with Gasteiger partial charge in [-0.1, -0.05) is 117 Å². The molecule has 0 unspecified atom stereocenters. The molecule has 0 heterocycles. The summed E-state index contributed by atoms with van der Waals surface area (Å²) < 4.78 is 28.8. The van der Waals surface area contributed by atoms with Crippen molar-refractivity contribution in [2.45, 2.75) is 129 Å². The molecule has 160 valence electrons. The van der Waals surface area contributed by atoms with E-state index >= 15 is 0 Å². The van der Waals surface area contributed by atoms with Crippen LogP contribution in [0.15, 0.2) is 0 Å². The molecule has 0 aromatic heterocycles. The average molecular weight is 415 g/mol. The van der Waals surface area contributed by atoms with Crippen LogP contribution in [0.5, 0.6) is 0 Å². The third-order valence-corrected chi connectivity index (χ3v) is 6.32. The molecule has 0 amide bonds. The van der Waals surface area contributed by atoms with Crippen LogP contribution in [0.25, 0.3) is 0 Å². The molecule has 3 nitrogen and oxygen atoms in total. The number of hydrogen-bond acceptors (Lipinski definition) is 3. The van der Waals surface area contributed by atoms with Gasteiger partial charge in [-0.05, 0) is 12.8 Å². The maximum atomic E-state index is 11.8. The van der Waals surface area contributed by atoms with E-state index in [4.69, 9.17) is 4.18 Å². The van der Waals surface area contributed by atoms with Gasteiger partial charge in [0.15, 0.2) is 0 Å². The first kappa shape index (κ1) is 30.1. The van der Waals surface area contributed by atoms with Crippen LogP contribution >= 0.6 is 0 Å². The Morgan fingerprint density at radius 2 is 0.852 bits per heavy atom. The van der Waals surface area contributed by atoms with Gasteiger partial charge in [0.05, 0.1) is 12.4 Å². The van der Waals surface area contributed by atoms with Crippen molar-refractivity contribution in [3.63, 3.8) is 0 Å². The Bertz CT molecular complexity index is 372. The predicted molar refractivity (Wildman–Crippen MR) is 121 cm³/mol. The molecule has 0 radical (unpaired) electrons. The minimum absolute atomic E-state index is 0. The van der Waals surface area contributed by atoms with Gasteiger partial charge in [-0.2, -0.15) is 8.42 Å². The summed E-state index contributed by atoms with van der Waals surface area (Å²) in [4.78, 5) is 0. The van der Waals surface area contributed by atoms with Crippen LogP contribution in [0, 0.1) is 0 Å². The first-order valence-corrected chi connectivity index (χ1v) is 13.1. The first-order valence-electron chi connectivity index (χ1n) is 11.5. The van der Waals surface area contributed by atoms with Crippen LogP contribution in [-0.4, -0.2) is 50.3 Å². The third kappa shape index (κ3) is 24.9. The second kappa shape index (κ2) is 23.2. The number of rotatable bonds is 21. The molecule has 0 atom stereocenters. The number of hydrogen-bond donors (Lipinski definition) is 0. The Morgan fingerprint density at radius 1 is 0.519 bits per heavy atom. The van der Waals surface area contributed by atoms with Gasteiger partial charge in [-0.25, -0.2) is 0 Å². The Morgan fingerprint density at radius 3 is 1.26 bits per heavy atom. The Kier molecular flexibility index (Phi) is 25.9. The zero-order valence-corrected chi connectivity index (χ0v) is 18.6. The van der Waals surface area contributed by atoms with Crippen LogP contribution in [0.1, 0.15) is 129 Å². The Hall–Kier alpha value is 0.910. The molecular weight excluding hydrogens is 367 g/mol. The summed E-state index contributed by atoms with van der Waals surface area (Å²) in [6, 6.07) is 0. The summed E-state index contributed by atoms with van der Waals surface area (Å²) >= 11 is 0. The van der Waals surface area contributed by atoms with Crippen LogP contribution in [0.4, 0.5) is 0 Å². The van der Waals surface area contributed by atoms with Crippen molar-refractivity contribution in [1.29, 1.82) is 0 Å². The molecule has 0 N–H and O–H groups in total. The minimum atomic E-state index is -3.29. The van der Waals surface area contributed by atoms with E-state index in [9.17, 15) is 8.42 Å². The fourth-order valence-electron chi connectivity index (χ4n) is 3.25. The molecule has 27 heavy (non-hydrogen) atoms. The molecule has 0 fully saturated rings. The van der Waals surface area contributed by atoms with E-state index in [1.807, 2.05) is 0 Å². The molecule has 0 aliphatic carbocycles. The van der Waals surface area contributed by atoms with E-state index in [1.54, 1.807) is 0 Å². The van der Waals surface area contributed by atoms with E-state index in [1.165, 1.54) is 83.5 Å². The number of unbranched alkanes of at least 4 members (excludes halogenated alkanes) is 16. The zero-order valence-electron chi connectivity index (χ0n) is 17.8. The Balaban J connectivity index is 0. The molecule has 0 aliphatic rings. The Labute approximate surface area is 193 Å². The second-order valence-corrected chi connectivity index (χ2v) is 9.50. The molecule has 5 heteroatoms. The summed E-state index contributed by atoms with van der Waals surface area (Å²) in [5, 5.41) is 0. The molecule has 0 spiro atoms. The van der Waals surface area contributed by atoms with Crippen LogP contribution in [0.3, 0.4) is 0 Å². The maximum absolute atomic E-state index is 11.8. The average Bonchev–Trinajstić information content (AvgIpc) is 2.62. The normalized spacial score (nSPS) is 11.5. The van der Waals surface area contributed by atoms with Gasteiger partial charge >= 0.3 is 29.6 Å². The van der Waals surface area contributed by atoms with Gasteiger partial charge < -0.3 is 0 Å².